The molecule has 176 valence electrons. The predicted octanol–water partition coefficient (Wildman–Crippen LogP) is 10.2. The summed E-state index contributed by atoms with van der Waals surface area (Å²) in [6.45, 7) is 0.865. The fourth-order valence-corrected chi connectivity index (χ4v) is 5.86. The van der Waals surface area contributed by atoms with Crippen molar-refractivity contribution >= 4 is 39.2 Å². The Bertz CT molecular complexity index is 311. The molecule has 0 radical (unpaired) electrons. The molecular formula is C24H50Cl3NSi. The molecule has 0 rings (SSSR count). The van der Waals surface area contributed by atoms with E-state index in [4.69, 9.17) is 39.0 Å². The van der Waals surface area contributed by atoms with Crippen molar-refractivity contribution in [3.63, 3.8) is 0 Å². The lowest BCUT2D eigenvalue weighted by molar-refractivity contribution is 0.519. The quantitative estimate of drug-likeness (QED) is 0.0819. The highest BCUT2D eigenvalue weighted by atomic mass is 35.8. The molecule has 0 unspecified atom stereocenters. The second-order valence-electron chi connectivity index (χ2n) is 8.93. The summed E-state index contributed by atoms with van der Waals surface area (Å²) in [5, 5.41) is 0. The molecule has 0 aromatic carbocycles. The first kappa shape index (κ1) is 30.0. The second-order valence-corrected chi connectivity index (χ2v) is 18.2. The summed E-state index contributed by atoms with van der Waals surface area (Å²) in [6, 6.07) is -1.53. The lowest BCUT2D eigenvalue weighted by Crippen LogP contribution is -2.07. The fraction of sp³-hybridized carbons (Fsp3) is 1.00. The minimum Gasteiger partial charge on any atom is -0.330 e. The van der Waals surface area contributed by atoms with E-state index in [2.05, 4.69) is 0 Å². The zero-order chi connectivity index (χ0) is 21.5. The van der Waals surface area contributed by atoms with Gasteiger partial charge >= 0.3 is 6.00 Å². The van der Waals surface area contributed by atoms with Crippen LogP contribution in [-0.4, -0.2) is 12.5 Å². The number of halogens is 3. The first-order chi connectivity index (χ1) is 14.1. The molecule has 0 amide bonds. The Morgan fingerprint density at radius 3 is 0.759 bits per heavy atom. The van der Waals surface area contributed by atoms with Crippen LogP contribution in [0.25, 0.3) is 0 Å². The molecule has 0 aliphatic heterocycles. The van der Waals surface area contributed by atoms with Crippen molar-refractivity contribution in [1.29, 1.82) is 0 Å². The molecule has 0 aromatic rings. The monoisotopic (exact) mass is 485 g/mol. The molecule has 0 bridgehead atoms. The van der Waals surface area contributed by atoms with Gasteiger partial charge in [0.1, 0.15) is 0 Å². The molecule has 0 aliphatic carbocycles. The summed E-state index contributed by atoms with van der Waals surface area (Å²) >= 11 is 17.7. The second kappa shape index (κ2) is 23.7. The normalized spacial score (nSPS) is 12.0. The van der Waals surface area contributed by atoms with E-state index < -0.39 is 6.00 Å². The number of unbranched alkanes of at least 4 members (excludes halogenated alkanes) is 21. The van der Waals surface area contributed by atoms with E-state index in [-0.39, 0.29) is 0 Å². The summed E-state index contributed by atoms with van der Waals surface area (Å²) in [5.74, 6) is 0. The first-order valence-corrected chi connectivity index (χ1v) is 18.1. The summed E-state index contributed by atoms with van der Waals surface area (Å²) in [6.07, 6.45) is 30.5. The Kier molecular flexibility index (Phi) is 24.6. The predicted molar refractivity (Wildman–Crippen MR) is 139 cm³/mol. The molecule has 0 fully saturated rings. The van der Waals surface area contributed by atoms with Gasteiger partial charge in [-0.25, -0.2) is 0 Å². The molecule has 0 saturated carbocycles. The average molecular weight is 487 g/mol. The molecule has 0 saturated heterocycles. The molecule has 29 heavy (non-hydrogen) atoms. The molecule has 0 aromatic heterocycles. The summed E-state index contributed by atoms with van der Waals surface area (Å²) in [7, 11) is 0. The van der Waals surface area contributed by atoms with E-state index in [1.54, 1.807) is 0 Å². The highest BCUT2D eigenvalue weighted by molar-refractivity contribution is 7.64. The van der Waals surface area contributed by atoms with E-state index in [1.807, 2.05) is 0 Å². The maximum Gasteiger partial charge on any atom is 0.341 e. The van der Waals surface area contributed by atoms with Gasteiger partial charge in [0, 0.05) is 0 Å². The van der Waals surface area contributed by atoms with E-state index in [0.717, 1.165) is 19.0 Å². The average Bonchev–Trinajstić information content (AvgIpc) is 2.67. The van der Waals surface area contributed by atoms with Gasteiger partial charge in [-0.3, -0.25) is 0 Å². The molecule has 0 aliphatic rings. The van der Waals surface area contributed by atoms with Crippen molar-refractivity contribution in [1.82, 2.24) is 0 Å². The van der Waals surface area contributed by atoms with Gasteiger partial charge in [0.15, 0.2) is 0 Å². The van der Waals surface area contributed by atoms with Gasteiger partial charge < -0.3 is 5.73 Å². The van der Waals surface area contributed by atoms with E-state index >= 15 is 0 Å². The third kappa shape index (κ3) is 29.0. The lowest BCUT2D eigenvalue weighted by atomic mass is 10.0. The summed E-state index contributed by atoms with van der Waals surface area (Å²) in [4.78, 5) is 0. The van der Waals surface area contributed by atoms with Crippen LogP contribution in [0.2, 0.25) is 6.04 Å². The van der Waals surface area contributed by atoms with Gasteiger partial charge in [-0.1, -0.05) is 135 Å². The number of hydrogen-bond donors (Lipinski definition) is 1. The minimum atomic E-state index is -2.36. The SMILES string of the molecule is NCCCCCCCCCCCCCCCCCCCCCCCC[Si](Cl)(Cl)Cl. The standard InChI is InChI=1S/C24H50Cl3NSi/c25-29(26,27)24-22-20-18-16-14-12-10-8-6-4-2-1-3-5-7-9-11-13-15-17-19-21-23-28/h1-24,28H2. The number of nitrogens with two attached hydrogens (primary N) is 1. The van der Waals surface area contributed by atoms with Crippen LogP contribution >= 0.6 is 33.2 Å². The topological polar surface area (TPSA) is 26.0 Å². The van der Waals surface area contributed by atoms with Gasteiger partial charge in [-0.2, -0.15) is 0 Å². The van der Waals surface area contributed by atoms with Gasteiger partial charge in [0.25, 0.3) is 0 Å². The summed E-state index contributed by atoms with van der Waals surface area (Å²) in [5.41, 5.74) is 5.52. The van der Waals surface area contributed by atoms with Crippen LogP contribution in [0, 0.1) is 0 Å². The van der Waals surface area contributed by atoms with Crippen LogP contribution in [0.4, 0.5) is 0 Å². The molecule has 1 nitrogen and oxygen atoms in total. The molecule has 0 spiro atoms. The molecule has 0 atom stereocenters. The van der Waals surface area contributed by atoms with E-state index in [0.29, 0.717) is 0 Å². The molecule has 0 heterocycles. The van der Waals surface area contributed by atoms with E-state index in [9.17, 15) is 0 Å². The van der Waals surface area contributed by atoms with Gasteiger partial charge in [-0.15, -0.1) is 33.2 Å². The lowest BCUT2D eigenvalue weighted by Gasteiger charge is -2.07. The third-order valence-electron chi connectivity index (χ3n) is 5.91. The van der Waals surface area contributed by atoms with Crippen LogP contribution in [-0.2, 0) is 0 Å². The molecule has 2 N–H and O–H groups in total. The first-order valence-electron chi connectivity index (χ1n) is 12.8. The Morgan fingerprint density at radius 1 is 0.345 bits per heavy atom. The molecule has 5 heteroatoms. The van der Waals surface area contributed by atoms with Crippen LogP contribution < -0.4 is 5.73 Å². The highest BCUT2D eigenvalue weighted by Gasteiger charge is 2.23. The van der Waals surface area contributed by atoms with Crippen molar-refractivity contribution in [2.45, 2.75) is 147 Å². The minimum absolute atomic E-state index is 0.827. The number of rotatable bonds is 24. The van der Waals surface area contributed by atoms with E-state index in [1.165, 1.54) is 135 Å². The van der Waals surface area contributed by atoms with Crippen molar-refractivity contribution < 1.29 is 0 Å². The van der Waals surface area contributed by atoms with Crippen LogP contribution in [0.15, 0.2) is 0 Å². The maximum atomic E-state index is 5.90. The third-order valence-corrected chi connectivity index (χ3v) is 8.54. The van der Waals surface area contributed by atoms with Crippen molar-refractivity contribution in [3.05, 3.63) is 0 Å². The largest absolute Gasteiger partial charge is 0.341 e. The van der Waals surface area contributed by atoms with Crippen LogP contribution in [0.3, 0.4) is 0 Å². The van der Waals surface area contributed by atoms with Crippen molar-refractivity contribution in [2.24, 2.45) is 5.73 Å². The van der Waals surface area contributed by atoms with Gasteiger partial charge in [-0.05, 0) is 19.0 Å². The van der Waals surface area contributed by atoms with Crippen LogP contribution in [0.5, 0.6) is 0 Å². The van der Waals surface area contributed by atoms with Gasteiger partial charge in [0.2, 0.25) is 0 Å². The highest BCUT2D eigenvalue weighted by Crippen LogP contribution is 2.27. The smallest absolute Gasteiger partial charge is 0.330 e. The summed E-state index contributed by atoms with van der Waals surface area (Å²) < 4.78 is 0. The number of hydrogen-bond acceptors (Lipinski definition) is 1. The van der Waals surface area contributed by atoms with Gasteiger partial charge in [0.05, 0.1) is 0 Å². The Morgan fingerprint density at radius 2 is 0.552 bits per heavy atom. The zero-order valence-corrected chi connectivity index (χ0v) is 22.4. The fourth-order valence-electron chi connectivity index (χ4n) is 4.01. The van der Waals surface area contributed by atoms with Crippen LogP contribution in [0.1, 0.15) is 141 Å². The Balaban J connectivity index is 3.02. The molecular weight excluding hydrogens is 437 g/mol. The Labute approximate surface area is 198 Å². The van der Waals surface area contributed by atoms with Crippen molar-refractivity contribution in [2.75, 3.05) is 6.54 Å². The maximum absolute atomic E-state index is 5.90. The van der Waals surface area contributed by atoms with Crippen molar-refractivity contribution in [3.8, 4) is 0 Å². The Hall–Kier alpha value is 1.05. The zero-order valence-electron chi connectivity index (χ0n) is 19.2.